The summed E-state index contributed by atoms with van der Waals surface area (Å²) in [6.45, 7) is 1.95. The number of nitrogens with two attached hydrogens (primary N) is 1. The molecule has 0 amide bonds. The highest BCUT2D eigenvalue weighted by molar-refractivity contribution is 6.42. The maximum absolute atomic E-state index is 6.31. The molecule has 0 spiro atoms. The largest absolute Gasteiger partial charge is 0.496 e. The van der Waals surface area contributed by atoms with Gasteiger partial charge in [0.2, 0.25) is 0 Å². The van der Waals surface area contributed by atoms with Gasteiger partial charge in [-0.2, -0.15) is 0 Å². The van der Waals surface area contributed by atoms with E-state index in [4.69, 9.17) is 33.7 Å². The van der Waals surface area contributed by atoms with Crippen LogP contribution in [0.25, 0.3) is 0 Å². The molecule has 1 aromatic heterocycles. The van der Waals surface area contributed by atoms with Gasteiger partial charge in [-0.05, 0) is 36.2 Å². The molecular formula is C14H14Cl2N2O. The van der Waals surface area contributed by atoms with Crippen LogP contribution in [-0.4, -0.2) is 12.1 Å². The molecule has 2 rings (SSSR count). The minimum atomic E-state index is -0.413. The Kier molecular flexibility index (Phi) is 4.30. The first-order valence-corrected chi connectivity index (χ1v) is 6.49. The molecule has 0 saturated carbocycles. The fourth-order valence-corrected chi connectivity index (χ4v) is 2.44. The Hall–Kier alpha value is -1.29. The molecule has 0 fully saturated rings. The van der Waals surface area contributed by atoms with Gasteiger partial charge in [0.05, 0.1) is 23.2 Å². The van der Waals surface area contributed by atoms with Gasteiger partial charge in [-0.25, -0.2) is 0 Å². The number of halogens is 2. The highest BCUT2D eigenvalue weighted by Gasteiger charge is 2.21. The Labute approximate surface area is 122 Å². The normalized spacial score (nSPS) is 12.3. The van der Waals surface area contributed by atoms with Crippen LogP contribution in [0.1, 0.15) is 22.7 Å². The van der Waals surface area contributed by atoms with Crippen molar-refractivity contribution in [2.45, 2.75) is 13.0 Å². The number of hydrogen-bond donors (Lipinski definition) is 1. The number of aryl methyl sites for hydroxylation is 1. The molecule has 3 nitrogen and oxygen atoms in total. The van der Waals surface area contributed by atoms with E-state index in [1.807, 2.05) is 13.0 Å². The van der Waals surface area contributed by atoms with Gasteiger partial charge in [0.15, 0.2) is 0 Å². The Morgan fingerprint density at radius 1 is 1.26 bits per heavy atom. The fraction of sp³-hybridized carbons (Fsp3) is 0.214. The Balaban J connectivity index is 2.58. The van der Waals surface area contributed by atoms with Crippen molar-refractivity contribution < 1.29 is 4.74 Å². The predicted octanol–water partition coefficient (Wildman–Crippen LogP) is 3.75. The van der Waals surface area contributed by atoms with Crippen LogP contribution in [0.15, 0.2) is 30.6 Å². The van der Waals surface area contributed by atoms with E-state index in [1.165, 1.54) is 0 Å². The minimum Gasteiger partial charge on any atom is -0.496 e. The van der Waals surface area contributed by atoms with Crippen LogP contribution in [0.3, 0.4) is 0 Å². The summed E-state index contributed by atoms with van der Waals surface area (Å²) >= 11 is 12.3. The predicted molar refractivity (Wildman–Crippen MR) is 78.0 cm³/mol. The molecule has 1 atom stereocenters. The van der Waals surface area contributed by atoms with Crippen molar-refractivity contribution in [1.29, 1.82) is 0 Å². The van der Waals surface area contributed by atoms with E-state index in [0.29, 0.717) is 21.4 Å². The van der Waals surface area contributed by atoms with Crippen molar-refractivity contribution in [2.75, 3.05) is 7.11 Å². The van der Waals surface area contributed by atoms with E-state index in [-0.39, 0.29) is 0 Å². The standard InChI is InChI=1S/C14H14Cl2N2O/c1-8-7-18-6-5-9(8)14(17)12-11(19-2)4-3-10(15)13(12)16/h3-7,14H,17H2,1-2H3. The van der Waals surface area contributed by atoms with Crippen molar-refractivity contribution in [3.63, 3.8) is 0 Å². The fourth-order valence-electron chi connectivity index (χ4n) is 2.00. The van der Waals surface area contributed by atoms with Gasteiger partial charge in [0, 0.05) is 18.0 Å². The number of methoxy groups -OCH3 is 1. The van der Waals surface area contributed by atoms with Crippen molar-refractivity contribution in [2.24, 2.45) is 5.73 Å². The third-order valence-electron chi connectivity index (χ3n) is 3.02. The molecule has 5 heteroatoms. The molecule has 19 heavy (non-hydrogen) atoms. The first-order chi connectivity index (χ1) is 9.06. The summed E-state index contributed by atoms with van der Waals surface area (Å²) in [5.74, 6) is 0.623. The highest BCUT2D eigenvalue weighted by atomic mass is 35.5. The monoisotopic (exact) mass is 296 g/mol. The molecule has 1 aromatic carbocycles. The van der Waals surface area contributed by atoms with Crippen LogP contribution in [0, 0.1) is 6.92 Å². The van der Waals surface area contributed by atoms with E-state index >= 15 is 0 Å². The molecule has 0 aliphatic heterocycles. The number of nitrogens with zero attached hydrogens (tertiary/aromatic N) is 1. The molecule has 2 N–H and O–H groups in total. The van der Waals surface area contributed by atoms with E-state index in [2.05, 4.69) is 4.98 Å². The van der Waals surface area contributed by atoms with Crippen LogP contribution in [0.4, 0.5) is 0 Å². The lowest BCUT2D eigenvalue weighted by molar-refractivity contribution is 0.408. The first kappa shape index (κ1) is 14.1. The quantitative estimate of drug-likeness (QED) is 0.938. The molecular weight excluding hydrogens is 283 g/mol. The third kappa shape index (κ3) is 2.68. The van der Waals surface area contributed by atoms with E-state index in [0.717, 1.165) is 11.1 Å². The first-order valence-electron chi connectivity index (χ1n) is 5.74. The van der Waals surface area contributed by atoms with Gasteiger partial charge in [-0.3, -0.25) is 4.98 Å². The summed E-state index contributed by atoms with van der Waals surface area (Å²) in [4.78, 5) is 4.06. The summed E-state index contributed by atoms with van der Waals surface area (Å²) < 4.78 is 5.32. The van der Waals surface area contributed by atoms with Crippen molar-refractivity contribution in [3.05, 3.63) is 57.3 Å². The lowest BCUT2D eigenvalue weighted by Gasteiger charge is -2.19. The third-order valence-corrected chi connectivity index (χ3v) is 3.84. The van der Waals surface area contributed by atoms with Gasteiger partial charge in [-0.15, -0.1) is 0 Å². The second-order valence-corrected chi connectivity index (χ2v) is 4.97. The van der Waals surface area contributed by atoms with Crippen molar-refractivity contribution >= 4 is 23.2 Å². The number of ether oxygens (including phenoxy) is 1. The molecule has 0 aliphatic rings. The summed E-state index contributed by atoms with van der Waals surface area (Å²) in [5, 5.41) is 0.879. The van der Waals surface area contributed by atoms with Gasteiger partial charge >= 0.3 is 0 Å². The highest BCUT2D eigenvalue weighted by Crippen LogP contribution is 2.39. The zero-order valence-corrected chi connectivity index (χ0v) is 12.2. The molecule has 1 heterocycles. The van der Waals surface area contributed by atoms with Gasteiger partial charge in [0.1, 0.15) is 5.75 Å². The van der Waals surface area contributed by atoms with E-state index in [1.54, 1.807) is 31.6 Å². The summed E-state index contributed by atoms with van der Waals surface area (Å²) in [7, 11) is 1.58. The smallest absolute Gasteiger partial charge is 0.125 e. The number of aromatic nitrogens is 1. The second kappa shape index (κ2) is 5.78. The Morgan fingerprint density at radius 2 is 2.00 bits per heavy atom. The minimum absolute atomic E-state index is 0.413. The summed E-state index contributed by atoms with van der Waals surface area (Å²) in [6, 6.07) is 4.92. The van der Waals surface area contributed by atoms with E-state index < -0.39 is 6.04 Å². The maximum atomic E-state index is 6.31. The Morgan fingerprint density at radius 3 is 2.63 bits per heavy atom. The van der Waals surface area contributed by atoms with Crippen molar-refractivity contribution in [1.82, 2.24) is 4.98 Å². The summed E-state index contributed by atoms with van der Waals surface area (Å²) in [6.07, 6.45) is 3.47. The van der Waals surface area contributed by atoms with Gasteiger partial charge in [-0.1, -0.05) is 23.2 Å². The second-order valence-electron chi connectivity index (χ2n) is 4.19. The number of pyridine rings is 1. The lowest BCUT2D eigenvalue weighted by atomic mass is 9.96. The SMILES string of the molecule is COc1ccc(Cl)c(Cl)c1C(N)c1ccncc1C. The lowest BCUT2D eigenvalue weighted by Crippen LogP contribution is -2.15. The Bertz CT molecular complexity index is 602. The van der Waals surface area contributed by atoms with Crippen LogP contribution in [0.5, 0.6) is 5.75 Å². The van der Waals surface area contributed by atoms with E-state index in [9.17, 15) is 0 Å². The maximum Gasteiger partial charge on any atom is 0.125 e. The molecule has 0 aliphatic carbocycles. The van der Waals surface area contributed by atoms with Crippen molar-refractivity contribution in [3.8, 4) is 5.75 Å². The van der Waals surface area contributed by atoms with Crippen LogP contribution >= 0.6 is 23.2 Å². The molecule has 100 valence electrons. The molecule has 0 saturated heterocycles. The number of benzene rings is 1. The van der Waals surface area contributed by atoms with Gasteiger partial charge in [0.25, 0.3) is 0 Å². The molecule has 0 radical (unpaired) electrons. The average molecular weight is 297 g/mol. The number of hydrogen-bond acceptors (Lipinski definition) is 3. The topological polar surface area (TPSA) is 48.1 Å². The van der Waals surface area contributed by atoms with Crippen LogP contribution < -0.4 is 10.5 Å². The molecule has 0 bridgehead atoms. The average Bonchev–Trinajstić information content (AvgIpc) is 2.41. The zero-order valence-electron chi connectivity index (χ0n) is 10.7. The molecule has 1 unspecified atom stereocenters. The van der Waals surface area contributed by atoms with Crippen LogP contribution in [-0.2, 0) is 0 Å². The molecule has 2 aromatic rings. The van der Waals surface area contributed by atoms with Crippen LogP contribution in [0.2, 0.25) is 10.0 Å². The summed E-state index contributed by atoms with van der Waals surface area (Å²) in [5.41, 5.74) is 8.93. The number of rotatable bonds is 3. The zero-order chi connectivity index (χ0) is 14.0. The van der Waals surface area contributed by atoms with Gasteiger partial charge < -0.3 is 10.5 Å².